The lowest BCUT2D eigenvalue weighted by molar-refractivity contribution is -0.161. The second kappa shape index (κ2) is 66.3. The van der Waals surface area contributed by atoms with Crippen molar-refractivity contribution in [2.24, 2.45) is 5.92 Å². The fraction of sp³-hybridized carbons (Fsp3) is 0.945. The Kier molecular flexibility index (Phi) is 64.9. The van der Waals surface area contributed by atoms with E-state index in [0.717, 1.165) is 121 Å². The van der Waals surface area contributed by atoms with Crippen molar-refractivity contribution < 1.29 is 80.2 Å². The van der Waals surface area contributed by atoms with Gasteiger partial charge in [-0.3, -0.25) is 37.3 Å². The van der Waals surface area contributed by atoms with Gasteiger partial charge in [-0.25, -0.2) is 9.13 Å². The lowest BCUT2D eigenvalue weighted by Gasteiger charge is -2.21. The zero-order valence-corrected chi connectivity index (χ0v) is 61.5. The lowest BCUT2D eigenvalue weighted by Crippen LogP contribution is -2.30. The molecular weight excluding hydrogens is 1210 g/mol. The summed E-state index contributed by atoms with van der Waals surface area (Å²) in [6, 6.07) is 0. The Bertz CT molecular complexity index is 1770. The summed E-state index contributed by atoms with van der Waals surface area (Å²) in [7, 11) is -9.89. The number of phosphoric acid groups is 2. The van der Waals surface area contributed by atoms with Crippen LogP contribution in [0.1, 0.15) is 381 Å². The molecule has 0 saturated carbocycles. The second-order valence-corrected chi connectivity index (χ2v) is 29.7. The van der Waals surface area contributed by atoms with Crippen LogP contribution in [-0.4, -0.2) is 96.7 Å². The minimum absolute atomic E-state index is 0.104. The third kappa shape index (κ3) is 66.7. The minimum atomic E-state index is -4.95. The van der Waals surface area contributed by atoms with Gasteiger partial charge in [0.1, 0.15) is 19.3 Å². The van der Waals surface area contributed by atoms with Crippen LogP contribution in [-0.2, 0) is 65.4 Å². The molecule has 0 aromatic carbocycles. The Morgan fingerprint density at radius 1 is 0.293 bits per heavy atom. The Morgan fingerprint density at radius 2 is 0.500 bits per heavy atom. The van der Waals surface area contributed by atoms with E-state index in [1.165, 1.54) is 180 Å². The molecule has 0 heterocycles. The van der Waals surface area contributed by atoms with Crippen molar-refractivity contribution in [2.75, 3.05) is 39.6 Å². The number of aliphatic hydroxyl groups excluding tert-OH is 1. The third-order valence-electron chi connectivity index (χ3n) is 17.0. The van der Waals surface area contributed by atoms with Gasteiger partial charge in [0.25, 0.3) is 0 Å². The zero-order chi connectivity index (χ0) is 67.7. The van der Waals surface area contributed by atoms with Gasteiger partial charge >= 0.3 is 39.5 Å². The van der Waals surface area contributed by atoms with Gasteiger partial charge in [-0.1, -0.05) is 330 Å². The Hall–Kier alpha value is -1.94. The standard InChI is InChI=1S/C73H142O17P2/c1-6-9-12-15-18-19-20-21-22-25-29-32-35-38-43-47-52-57-71(76)84-63-69(90-73(78)59-54-49-44-39-36-33-30-27-24-23-26-28-31-34-37-42-45-50-55-66(4)5)65-88-92(81,82)86-61-67(74)60-85-91(79,80)87-64-68(89-72(77)58-53-48-41-17-14-11-8-3)62-83-70(75)56-51-46-40-16-13-10-7-2/h66-69,74H,6-65H2,1-5H3,(H,79,80)(H,81,82)/t67-,68+,69+/m0/s1. The van der Waals surface area contributed by atoms with E-state index in [9.17, 15) is 43.2 Å². The predicted octanol–water partition coefficient (Wildman–Crippen LogP) is 21.3. The summed E-state index contributed by atoms with van der Waals surface area (Å²) < 4.78 is 68.1. The van der Waals surface area contributed by atoms with Crippen LogP contribution in [0.5, 0.6) is 0 Å². The average molecular weight is 1350 g/mol. The first kappa shape index (κ1) is 90.1. The van der Waals surface area contributed by atoms with Crippen molar-refractivity contribution in [1.82, 2.24) is 0 Å². The molecule has 3 N–H and O–H groups in total. The van der Waals surface area contributed by atoms with Crippen LogP contribution in [0.25, 0.3) is 0 Å². The van der Waals surface area contributed by atoms with Gasteiger partial charge in [-0.2, -0.15) is 0 Å². The topological polar surface area (TPSA) is 237 Å². The highest BCUT2D eigenvalue weighted by Crippen LogP contribution is 2.45. The maximum absolute atomic E-state index is 13.1. The molecular formula is C73H142O17P2. The van der Waals surface area contributed by atoms with Crippen LogP contribution in [0.4, 0.5) is 0 Å². The van der Waals surface area contributed by atoms with Gasteiger partial charge in [-0.05, 0) is 31.6 Å². The summed E-state index contributed by atoms with van der Waals surface area (Å²) in [5.74, 6) is -1.31. The van der Waals surface area contributed by atoms with Crippen LogP contribution in [0, 0.1) is 5.92 Å². The first-order valence-corrected chi connectivity index (χ1v) is 41.1. The smallest absolute Gasteiger partial charge is 0.462 e. The molecule has 17 nitrogen and oxygen atoms in total. The number of rotatable bonds is 73. The molecule has 5 atom stereocenters. The van der Waals surface area contributed by atoms with E-state index in [1.54, 1.807) is 0 Å². The summed E-state index contributed by atoms with van der Waals surface area (Å²) in [6.07, 6.45) is 54.6. The predicted molar refractivity (Wildman–Crippen MR) is 372 cm³/mol. The van der Waals surface area contributed by atoms with Crippen LogP contribution >= 0.6 is 15.6 Å². The maximum atomic E-state index is 13.1. The maximum Gasteiger partial charge on any atom is 0.472 e. The fourth-order valence-electron chi connectivity index (χ4n) is 11.2. The minimum Gasteiger partial charge on any atom is -0.462 e. The van der Waals surface area contributed by atoms with Crippen LogP contribution in [0.2, 0.25) is 0 Å². The molecule has 19 heteroatoms. The molecule has 0 aliphatic rings. The zero-order valence-electron chi connectivity index (χ0n) is 59.7. The van der Waals surface area contributed by atoms with E-state index in [2.05, 4.69) is 34.6 Å². The van der Waals surface area contributed by atoms with Crippen molar-refractivity contribution in [2.45, 2.75) is 400 Å². The van der Waals surface area contributed by atoms with Crippen molar-refractivity contribution in [3.8, 4) is 0 Å². The van der Waals surface area contributed by atoms with E-state index in [4.69, 9.17) is 37.0 Å². The molecule has 0 radical (unpaired) electrons. The molecule has 0 aliphatic heterocycles. The highest BCUT2D eigenvalue weighted by molar-refractivity contribution is 7.47. The van der Waals surface area contributed by atoms with Gasteiger partial charge < -0.3 is 33.8 Å². The molecule has 0 fully saturated rings. The molecule has 0 aliphatic carbocycles. The monoisotopic (exact) mass is 1350 g/mol. The summed E-state index contributed by atoms with van der Waals surface area (Å²) in [4.78, 5) is 72.3. The van der Waals surface area contributed by atoms with Gasteiger partial charge in [-0.15, -0.1) is 0 Å². The molecule has 0 aromatic rings. The fourth-order valence-corrected chi connectivity index (χ4v) is 12.8. The van der Waals surface area contributed by atoms with Gasteiger partial charge in [0.05, 0.1) is 26.4 Å². The largest absolute Gasteiger partial charge is 0.472 e. The van der Waals surface area contributed by atoms with E-state index >= 15 is 0 Å². The highest BCUT2D eigenvalue weighted by Gasteiger charge is 2.30. The van der Waals surface area contributed by atoms with Crippen LogP contribution < -0.4 is 0 Å². The van der Waals surface area contributed by atoms with E-state index in [-0.39, 0.29) is 25.7 Å². The van der Waals surface area contributed by atoms with Gasteiger partial charge in [0.15, 0.2) is 12.2 Å². The molecule has 0 spiro atoms. The molecule has 0 saturated heterocycles. The first-order chi connectivity index (χ1) is 44.5. The van der Waals surface area contributed by atoms with Crippen LogP contribution in [0.15, 0.2) is 0 Å². The van der Waals surface area contributed by atoms with Gasteiger partial charge in [0, 0.05) is 25.7 Å². The number of ether oxygens (including phenoxy) is 4. The highest BCUT2D eigenvalue weighted by atomic mass is 31.2. The molecule has 0 amide bonds. The number of carbonyl (C=O) groups excluding carboxylic acids is 4. The molecule has 0 bridgehead atoms. The summed E-state index contributed by atoms with van der Waals surface area (Å²) >= 11 is 0. The number of aliphatic hydroxyl groups is 1. The van der Waals surface area contributed by atoms with E-state index < -0.39 is 97.5 Å². The number of esters is 4. The summed E-state index contributed by atoms with van der Waals surface area (Å²) in [6.45, 7) is 7.22. The summed E-state index contributed by atoms with van der Waals surface area (Å²) in [5, 5.41) is 10.6. The van der Waals surface area contributed by atoms with Crippen molar-refractivity contribution in [3.05, 3.63) is 0 Å². The lowest BCUT2D eigenvalue weighted by atomic mass is 10.0. The number of unbranched alkanes of at least 4 members (excludes halogenated alkanes) is 45. The van der Waals surface area contributed by atoms with E-state index in [0.29, 0.717) is 25.7 Å². The van der Waals surface area contributed by atoms with Crippen molar-refractivity contribution in [3.63, 3.8) is 0 Å². The number of phosphoric ester groups is 2. The normalized spacial score (nSPS) is 14.0. The van der Waals surface area contributed by atoms with Crippen molar-refractivity contribution in [1.29, 1.82) is 0 Å². The second-order valence-electron chi connectivity index (χ2n) is 26.8. The third-order valence-corrected chi connectivity index (χ3v) is 18.9. The Balaban J connectivity index is 5.11. The number of hydrogen-bond donors (Lipinski definition) is 3. The van der Waals surface area contributed by atoms with Crippen molar-refractivity contribution >= 4 is 39.5 Å². The molecule has 2 unspecified atom stereocenters. The van der Waals surface area contributed by atoms with E-state index in [1.807, 2.05) is 0 Å². The molecule has 0 rings (SSSR count). The summed E-state index contributed by atoms with van der Waals surface area (Å²) in [5.41, 5.74) is 0. The quantitative estimate of drug-likeness (QED) is 0.0222. The first-order valence-electron chi connectivity index (χ1n) is 38.1. The van der Waals surface area contributed by atoms with Gasteiger partial charge in [0.2, 0.25) is 0 Å². The average Bonchev–Trinajstić information content (AvgIpc) is 3.74. The Morgan fingerprint density at radius 3 is 0.739 bits per heavy atom. The Labute approximate surface area is 562 Å². The number of hydrogen-bond acceptors (Lipinski definition) is 15. The number of carbonyl (C=O) groups is 4. The SMILES string of the molecule is CCCCCCCCCCCCCCCCCCCC(=O)OC[C@H](COP(=O)(O)OC[C@@H](O)COP(=O)(O)OC[C@@H](COC(=O)CCCCCCCCC)OC(=O)CCCCCCCCC)OC(=O)CCCCCCCCCCCCCCCCCCCCC(C)C. The van der Waals surface area contributed by atoms with Crippen LogP contribution in [0.3, 0.4) is 0 Å². The molecule has 546 valence electrons. The molecule has 0 aromatic heterocycles. The molecule has 92 heavy (non-hydrogen) atoms.